The number of phenolic OH excluding ortho intramolecular Hbond substituents is 1. The summed E-state index contributed by atoms with van der Waals surface area (Å²) < 4.78 is 0. The number of primary amides is 1. The van der Waals surface area contributed by atoms with E-state index in [0.717, 1.165) is 0 Å². The fraction of sp³-hybridized carbons (Fsp3) is 0. The van der Waals surface area contributed by atoms with Gasteiger partial charge in [0.1, 0.15) is 5.75 Å². The number of amides is 1. The highest BCUT2D eigenvalue weighted by molar-refractivity contribution is 6.33. The number of aromatic hydroxyl groups is 1. The Kier molecular flexibility index (Phi) is 2.93. The van der Waals surface area contributed by atoms with Crippen LogP contribution in [-0.4, -0.2) is 11.0 Å². The molecule has 0 radical (unpaired) electrons. The van der Waals surface area contributed by atoms with Crippen molar-refractivity contribution < 1.29 is 9.90 Å². The van der Waals surface area contributed by atoms with E-state index in [9.17, 15) is 9.90 Å². The lowest BCUT2D eigenvalue weighted by atomic mass is 10.2. The van der Waals surface area contributed by atoms with Gasteiger partial charge < -0.3 is 10.8 Å². The predicted octanol–water partition coefficient (Wildman–Crippen LogP) is 1.54. The van der Waals surface area contributed by atoms with Crippen molar-refractivity contribution in [2.45, 2.75) is 0 Å². The van der Waals surface area contributed by atoms with Gasteiger partial charge in [-0.25, -0.2) is 0 Å². The topological polar surface area (TPSA) is 63.3 Å². The molecule has 13 heavy (non-hydrogen) atoms. The molecule has 0 saturated carbocycles. The molecule has 3 N–H and O–H groups in total. The van der Waals surface area contributed by atoms with Crippen molar-refractivity contribution in [1.29, 1.82) is 0 Å². The van der Waals surface area contributed by atoms with Gasteiger partial charge >= 0.3 is 0 Å². The van der Waals surface area contributed by atoms with Crippen LogP contribution in [0.3, 0.4) is 0 Å². The molecule has 3 nitrogen and oxygen atoms in total. The first kappa shape index (κ1) is 9.61. The highest BCUT2D eigenvalue weighted by Gasteiger charge is 2.00. The van der Waals surface area contributed by atoms with Crippen molar-refractivity contribution in [3.63, 3.8) is 0 Å². The first-order valence-corrected chi connectivity index (χ1v) is 3.94. The average Bonchev–Trinajstić information content (AvgIpc) is 2.07. The summed E-state index contributed by atoms with van der Waals surface area (Å²) in [5, 5.41) is 9.39. The molecule has 0 aliphatic rings. The number of nitrogens with two attached hydrogens (primary N) is 1. The lowest BCUT2D eigenvalue weighted by Crippen LogP contribution is -2.05. The van der Waals surface area contributed by atoms with E-state index in [1.807, 2.05) is 0 Å². The van der Waals surface area contributed by atoms with Gasteiger partial charge in [0.25, 0.3) is 0 Å². The van der Waals surface area contributed by atoms with Crippen molar-refractivity contribution >= 4 is 23.6 Å². The third-order valence-electron chi connectivity index (χ3n) is 1.44. The maximum absolute atomic E-state index is 10.4. The molecule has 68 valence electrons. The monoisotopic (exact) mass is 197 g/mol. The first-order chi connectivity index (χ1) is 6.11. The van der Waals surface area contributed by atoms with Gasteiger partial charge in [-0.05, 0) is 17.7 Å². The second-order valence-electron chi connectivity index (χ2n) is 2.42. The smallest absolute Gasteiger partial charge is 0.241 e. The van der Waals surface area contributed by atoms with E-state index >= 15 is 0 Å². The van der Waals surface area contributed by atoms with Gasteiger partial charge in [-0.15, -0.1) is 0 Å². The molecule has 0 saturated heterocycles. The van der Waals surface area contributed by atoms with Gasteiger partial charge in [0.2, 0.25) is 5.91 Å². The van der Waals surface area contributed by atoms with Crippen LogP contribution in [0.25, 0.3) is 6.08 Å². The zero-order chi connectivity index (χ0) is 9.84. The summed E-state index contributed by atoms with van der Waals surface area (Å²) in [7, 11) is 0. The van der Waals surface area contributed by atoms with Crippen LogP contribution in [0, 0.1) is 0 Å². The minimum atomic E-state index is -0.556. The fourth-order valence-electron chi connectivity index (χ4n) is 0.838. The second-order valence-corrected chi connectivity index (χ2v) is 2.79. The molecule has 0 unspecified atom stereocenters. The quantitative estimate of drug-likeness (QED) is 0.707. The minimum Gasteiger partial charge on any atom is -0.506 e. The van der Waals surface area contributed by atoms with Crippen molar-refractivity contribution in [2.75, 3.05) is 0 Å². The van der Waals surface area contributed by atoms with E-state index in [2.05, 4.69) is 0 Å². The Morgan fingerprint density at radius 2 is 2.23 bits per heavy atom. The average molecular weight is 198 g/mol. The summed E-state index contributed by atoms with van der Waals surface area (Å²) in [6.07, 6.45) is 2.63. The molecule has 1 rings (SSSR count). The van der Waals surface area contributed by atoms with Crippen molar-refractivity contribution in [2.24, 2.45) is 5.73 Å². The van der Waals surface area contributed by atoms with Gasteiger partial charge in [0.05, 0.1) is 5.02 Å². The van der Waals surface area contributed by atoms with Crippen LogP contribution in [0.5, 0.6) is 5.75 Å². The van der Waals surface area contributed by atoms with Crippen LogP contribution in [0.4, 0.5) is 0 Å². The molecule has 0 atom stereocenters. The third kappa shape index (κ3) is 2.49. The predicted molar refractivity (Wildman–Crippen MR) is 51.3 cm³/mol. The molecule has 1 aromatic rings. The summed E-state index contributed by atoms with van der Waals surface area (Å²) in [5.41, 5.74) is 5.45. The number of phenols is 1. The van der Waals surface area contributed by atoms with Gasteiger partial charge in [-0.1, -0.05) is 23.7 Å². The van der Waals surface area contributed by atoms with E-state index < -0.39 is 5.91 Å². The molecular formula is C9H8ClNO2. The summed E-state index contributed by atoms with van der Waals surface area (Å²) in [4.78, 5) is 10.4. The standard InChI is InChI=1S/C9H8ClNO2/c10-9-6(4-5-8(11)13)2-1-3-7(9)12/h1-5,12H,(H2,11,13)/b5-4-. The summed E-state index contributed by atoms with van der Waals surface area (Å²) in [6, 6.07) is 4.76. The Hall–Kier alpha value is -1.48. The summed E-state index contributed by atoms with van der Waals surface area (Å²) in [5.74, 6) is -0.576. The van der Waals surface area contributed by atoms with Crippen LogP contribution >= 0.6 is 11.6 Å². The van der Waals surface area contributed by atoms with Crippen molar-refractivity contribution in [1.82, 2.24) is 0 Å². The molecule has 1 amide bonds. The van der Waals surface area contributed by atoms with Crippen molar-refractivity contribution in [3.8, 4) is 5.75 Å². The van der Waals surface area contributed by atoms with Gasteiger partial charge in [-0.3, -0.25) is 4.79 Å². The number of rotatable bonds is 2. The maximum atomic E-state index is 10.4. The van der Waals surface area contributed by atoms with E-state index in [-0.39, 0.29) is 10.8 Å². The highest BCUT2D eigenvalue weighted by Crippen LogP contribution is 2.27. The first-order valence-electron chi connectivity index (χ1n) is 3.56. The lowest BCUT2D eigenvalue weighted by molar-refractivity contribution is -0.113. The van der Waals surface area contributed by atoms with Gasteiger partial charge in [-0.2, -0.15) is 0 Å². The lowest BCUT2D eigenvalue weighted by Gasteiger charge is -1.99. The molecule has 0 aliphatic carbocycles. The van der Waals surface area contributed by atoms with Crippen LogP contribution < -0.4 is 5.73 Å². The van der Waals surface area contributed by atoms with E-state index in [1.54, 1.807) is 12.1 Å². The van der Waals surface area contributed by atoms with Crippen LogP contribution in [0.2, 0.25) is 5.02 Å². The van der Waals surface area contributed by atoms with Crippen LogP contribution in [0.1, 0.15) is 5.56 Å². The summed E-state index contributed by atoms with van der Waals surface area (Å²) in [6.45, 7) is 0. The van der Waals surface area contributed by atoms with E-state index in [1.165, 1.54) is 18.2 Å². The molecule has 0 aliphatic heterocycles. The Morgan fingerprint density at radius 1 is 1.54 bits per heavy atom. The molecular weight excluding hydrogens is 190 g/mol. The van der Waals surface area contributed by atoms with Crippen LogP contribution in [-0.2, 0) is 4.79 Å². The zero-order valence-electron chi connectivity index (χ0n) is 6.70. The Labute approximate surface area is 80.4 Å². The van der Waals surface area contributed by atoms with Gasteiger partial charge in [0.15, 0.2) is 0 Å². The molecule has 0 aromatic heterocycles. The summed E-state index contributed by atoms with van der Waals surface area (Å²) >= 11 is 5.72. The molecule has 0 spiro atoms. The zero-order valence-corrected chi connectivity index (χ0v) is 7.45. The number of halogens is 1. The molecule has 0 fully saturated rings. The number of hydrogen-bond donors (Lipinski definition) is 2. The molecule has 4 heteroatoms. The largest absolute Gasteiger partial charge is 0.506 e. The fourth-order valence-corrected chi connectivity index (χ4v) is 1.03. The van der Waals surface area contributed by atoms with Gasteiger partial charge in [0, 0.05) is 6.08 Å². The highest BCUT2D eigenvalue weighted by atomic mass is 35.5. The number of benzene rings is 1. The van der Waals surface area contributed by atoms with E-state index in [4.69, 9.17) is 17.3 Å². The minimum absolute atomic E-state index is 0.0201. The molecule has 0 bridgehead atoms. The third-order valence-corrected chi connectivity index (χ3v) is 1.85. The molecule has 1 aromatic carbocycles. The Morgan fingerprint density at radius 3 is 2.85 bits per heavy atom. The Bertz CT molecular complexity index is 361. The number of carbonyl (C=O) groups is 1. The van der Waals surface area contributed by atoms with E-state index in [0.29, 0.717) is 5.56 Å². The van der Waals surface area contributed by atoms with Crippen molar-refractivity contribution in [3.05, 3.63) is 34.9 Å². The number of carbonyl (C=O) groups excluding carboxylic acids is 1. The van der Waals surface area contributed by atoms with Crippen LogP contribution in [0.15, 0.2) is 24.3 Å². The normalized spacial score (nSPS) is 10.5. The molecule has 0 heterocycles. The number of hydrogen-bond acceptors (Lipinski definition) is 2. The maximum Gasteiger partial charge on any atom is 0.241 e. The SMILES string of the molecule is NC(=O)/C=C\c1cccc(O)c1Cl. The second kappa shape index (κ2) is 3.96. The Balaban J connectivity index is 3.02.